The monoisotopic (exact) mass is 355 g/mol. The molecule has 0 spiro atoms. The van der Waals surface area contributed by atoms with Crippen LogP contribution in [-0.2, 0) is 11.8 Å². The Morgan fingerprint density at radius 1 is 1.27 bits per heavy atom. The van der Waals surface area contributed by atoms with Crippen LogP contribution in [0.5, 0.6) is 5.88 Å². The van der Waals surface area contributed by atoms with Crippen LogP contribution in [0.15, 0.2) is 28.9 Å². The summed E-state index contributed by atoms with van der Waals surface area (Å²) in [5.41, 5.74) is 1.62. The van der Waals surface area contributed by atoms with Gasteiger partial charge in [-0.15, -0.1) is 10.2 Å². The molecule has 26 heavy (non-hydrogen) atoms. The molecule has 0 saturated carbocycles. The molecule has 2 atom stereocenters. The van der Waals surface area contributed by atoms with Crippen molar-refractivity contribution in [3.05, 3.63) is 41.9 Å². The van der Waals surface area contributed by atoms with Crippen LogP contribution >= 0.6 is 0 Å². The van der Waals surface area contributed by atoms with E-state index in [9.17, 15) is 0 Å². The predicted molar refractivity (Wildman–Crippen MR) is 92.7 cm³/mol. The fourth-order valence-electron chi connectivity index (χ4n) is 3.31. The van der Waals surface area contributed by atoms with Crippen molar-refractivity contribution in [2.45, 2.75) is 31.8 Å². The van der Waals surface area contributed by atoms with E-state index in [0.717, 1.165) is 29.9 Å². The average molecular weight is 355 g/mol. The fraction of sp³-hybridized carbons (Fsp3) is 0.444. The zero-order valence-corrected chi connectivity index (χ0v) is 15.0. The van der Waals surface area contributed by atoms with Gasteiger partial charge in [-0.05, 0) is 25.8 Å². The Balaban J connectivity index is 1.66. The van der Waals surface area contributed by atoms with Gasteiger partial charge in [-0.2, -0.15) is 0 Å². The van der Waals surface area contributed by atoms with E-state index in [1.54, 1.807) is 19.4 Å². The van der Waals surface area contributed by atoms with Gasteiger partial charge in [-0.25, -0.2) is 9.97 Å². The molecule has 0 N–H and O–H groups in total. The van der Waals surface area contributed by atoms with Crippen molar-refractivity contribution in [1.29, 1.82) is 0 Å². The molecular formula is C18H21N5O3. The molecule has 1 saturated heterocycles. The number of methoxy groups -OCH3 is 1. The maximum Gasteiger partial charge on any atom is 0.248 e. The van der Waals surface area contributed by atoms with Crippen LogP contribution in [0.3, 0.4) is 0 Å². The number of pyridine rings is 1. The van der Waals surface area contributed by atoms with Crippen molar-refractivity contribution in [2.24, 2.45) is 7.05 Å². The van der Waals surface area contributed by atoms with Crippen LogP contribution in [0.2, 0.25) is 0 Å². The number of ether oxygens (including phenoxy) is 2. The van der Waals surface area contributed by atoms with Crippen molar-refractivity contribution < 1.29 is 13.9 Å². The summed E-state index contributed by atoms with van der Waals surface area (Å²) in [5.74, 6) is 2.40. The lowest BCUT2D eigenvalue weighted by atomic mass is 9.93. The van der Waals surface area contributed by atoms with Crippen LogP contribution in [-0.4, -0.2) is 38.4 Å². The largest absolute Gasteiger partial charge is 0.481 e. The van der Waals surface area contributed by atoms with E-state index in [-0.39, 0.29) is 12.0 Å². The standard InChI is InChI=1S/C18H21N5O3/c1-11-9-12(10-14(20-11)24-3)17-21-22-18(26-17)13-5-4-8-25-15(13)16-19-6-7-23(16)2/h6-7,9-10,13,15H,4-5,8H2,1-3H3/t13-,15-/m1/s1. The third-order valence-corrected chi connectivity index (χ3v) is 4.58. The maximum absolute atomic E-state index is 6.01. The molecule has 0 unspecified atom stereocenters. The minimum absolute atomic E-state index is 0.0177. The van der Waals surface area contributed by atoms with E-state index in [1.807, 2.05) is 30.8 Å². The van der Waals surface area contributed by atoms with Gasteiger partial charge in [0.15, 0.2) is 0 Å². The van der Waals surface area contributed by atoms with Gasteiger partial charge in [0.25, 0.3) is 0 Å². The highest BCUT2D eigenvalue weighted by Gasteiger charge is 2.35. The molecule has 3 aromatic rings. The molecule has 3 aromatic heterocycles. The van der Waals surface area contributed by atoms with E-state index >= 15 is 0 Å². The quantitative estimate of drug-likeness (QED) is 0.711. The van der Waals surface area contributed by atoms with Crippen LogP contribution in [0.25, 0.3) is 11.5 Å². The minimum Gasteiger partial charge on any atom is -0.481 e. The third-order valence-electron chi connectivity index (χ3n) is 4.58. The van der Waals surface area contributed by atoms with Crippen LogP contribution in [0.4, 0.5) is 0 Å². The van der Waals surface area contributed by atoms with E-state index in [4.69, 9.17) is 13.9 Å². The molecule has 0 bridgehead atoms. The van der Waals surface area contributed by atoms with Gasteiger partial charge in [-0.1, -0.05) is 0 Å². The highest BCUT2D eigenvalue weighted by Crippen LogP contribution is 2.40. The van der Waals surface area contributed by atoms with Crippen LogP contribution in [0.1, 0.15) is 42.3 Å². The van der Waals surface area contributed by atoms with Crippen LogP contribution < -0.4 is 4.74 Å². The van der Waals surface area contributed by atoms with Crippen LogP contribution in [0, 0.1) is 6.92 Å². The molecule has 0 radical (unpaired) electrons. The molecule has 8 nitrogen and oxygen atoms in total. The summed E-state index contributed by atoms with van der Waals surface area (Å²) < 4.78 is 19.2. The lowest BCUT2D eigenvalue weighted by Gasteiger charge is -2.28. The first-order chi connectivity index (χ1) is 12.7. The Kier molecular flexibility index (Phi) is 4.42. The summed E-state index contributed by atoms with van der Waals surface area (Å²) in [4.78, 5) is 8.72. The Morgan fingerprint density at radius 2 is 2.15 bits per heavy atom. The second-order valence-electron chi connectivity index (χ2n) is 6.42. The molecule has 1 aliphatic rings. The lowest BCUT2D eigenvalue weighted by Crippen LogP contribution is -2.23. The maximum atomic E-state index is 6.01. The van der Waals surface area contributed by atoms with Gasteiger partial charge in [-0.3, -0.25) is 0 Å². The van der Waals surface area contributed by atoms with Crippen molar-refractivity contribution in [3.63, 3.8) is 0 Å². The number of nitrogens with zero attached hydrogens (tertiary/aromatic N) is 5. The van der Waals surface area contributed by atoms with E-state index in [2.05, 4.69) is 20.2 Å². The van der Waals surface area contributed by atoms with Crippen molar-refractivity contribution in [2.75, 3.05) is 13.7 Å². The molecular weight excluding hydrogens is 334 g/mol. The highest BCUT2D eigenvalue weighted by molar-refractivity contribution is 5.54. The smallest absolute Gasteiger partial charge is 0.248 e. The van der Waals surface area contributed by atoms with Gasteiger partial charge in [0, 0.05) is 43.4 Å². The number of aromatic nitrogens is 5. The first-order valence-corrected chi connectivity index (χ1v) is 8.61. The Bertz CT molecular complexity index is 904. The summed E-state index contributed by atoms with van der Waals surface area (Å²) in [6, 6.07) is 3.69. The first kappa shape index (κ1) is 16.7. The van der Waals surface area contributed by atoms with E-state index in [1.165, 1.54) is 0 Å². The first-order valence-electron chi connectivity index (χ1n) is 8.61. The van der Waals surface area contributed by atoms with Gasteiger partial charge >= 0.3 is 0 Å². The number of rotatable bonds is 4. The second-order valence-corrected chi connectivity index (χ2v) is 6.42. The van der Waals surface area contributed by atoms with Gasteiger partial charge in [0.2, 0.25) is 17.7 Å². The molecule has 0 aliphatic carbocycles. The van der Waals surface area contributed by atoms with Crippen molar-refractivity contribution in [1.82, 2.24) is 24.7 Å². The zero-order chi connectivity index (χ0) is 18.1. The molecule has 8 heteroatoms. The van der Waals surface area contributed by atoms with Crippen molar-refractivity contribution in [3.8, 4) is 17.3 Å². The molecule has 1 aliphatic heterocycles. The molecule has 0 amide bonds. The van der Waals surface area contributed by atoms with E-state index < -0.39 is 0 Å². The van der Waals surface area contributed by atoms with Crippen molar-refractivity contribution >= 4 is 0 Å². The lowest BCUT2D eigenvalue weighted by molar-refractivity contribution is -0.0156. The molecule has 136 valence electrons. The number of hydrogen-bond acceptors (Lipinski definition) is 7. The van der Waals surface area contributed by atoms with Gasteiger partial charge in [0.05, 0.1) is 13.0 Å². The van der Waals surface area contributed by atoms with Gasteiger partial charge in [0.1, 0.15) is 11.9 Å². The fourth-order valence-corrected chi connectivity index (χ4v) is 3.31. The van der Waals surface area contributed by atoms with E-state index in [0.29, 0.717) is 24.3 Å². The number of hydrogen-bond donors (Lipinski definition) is 0. The summed E-state index contributed by atoms with van der Waals surface area (Å²) in [6.07, 6.45) is 5.36. The molecule has 4 heterocycles. The second kappa shape index (κ2) is 6.87. The third kappa shape index (κ3) is 3.08. The Labute approximate surface area is 151 Å². The summed E-state index contributed by atoms with van der Waals surface area (Å²) >= 11 is 0. The molecule has 0 aromatic carbocycles. The SMILES string of the molecule is COc1cc(-c2nnc([C@@H]3CCCO[C@H]3c3nccn3C)o2)cc(C)n1. The number of aryl methyl sites for hydroxylation is 2. The predicted octanol–water partition coefficient (Wildman–Crippen LogP) is 2.82. The highest BCUT2D eigenvalue weighted by atomic mass is 16.5. The molecule has 1 fully saturated rings. The summed E-state index contributed by atoms with van der Waals surface area (Å²) in [5, 5.41) is 8.53. The summed E-state index contributed by atoms with van der Waals surface area (Å²) in [7, 11) is 3.55. The van der Waals surface area contributed by atoms with Gasteiger partial charge < -0.3 is 18.5 Å². The number of imidazole rings is 1. The molecule has 4 rings (SSSR count). The Hall–Kier alpha value is -2.74. The topological polar surface area (TPSA) is 88.1 Å². The minimum atomic E-state index is -0.189. The summed E-state index contributed by atoms with van der Waals surface area (Å²) in [6.45, 7) is 2.60. The normalized spacial score (nSPS) is 20.3. The zero-order valence-electron chi connectivity index (χ0n) is 15.0. The average Bonchev–Trinajstić information content (AvgIpc) is 3.30. The Morgan fingerprint density at radius 3 is 2.92 bits per heavy atom.